The van der Waals surface area contributed by atoms with Crippen LogP contribution < -0.4 is 10.1 Å². The zero-order chi connectivity index (χ0) is 17.5. The maximum absolute atomic E-state index is 6.04. The van der Waals surface area contributed by atoms with E-state index in [0.29, 0.717) is 18.6 Å². The van der Waals surface area contributed by atoms with Gasteiger partial charge < -0.3 is 10.1 Å². The Bertz CT molecular complexity index is 646. The number of ether oxygens (including phenoxy) is 1. The highest BCUT2D eigenvalue weighted by Gasteiger charge is 2.23. The molecule has 0 saturated carbocycles. The van der Waals surface area contributed by atoms with E-state index < -0.39 is 0 Å². The Morgan fingerprint density at radius 1 is 0.963 bits per heavy atom. The van der Waals surface area contributed by atoms with Crippen LogP contribution in [0.1, 0.15) is 37.4 Å². The molecule has 1 aliphatic rings. The average Bonchev–Trinajstić information content (AvgIpc) is 2.66. The third-order valence-electron chi connectivity index (χ3n) is 4.78. The van der Waals surface area contributed by atoms with E-state index in [9.17, 15) is 0 Å². The lowest BCUT2D eigenvalue weighted by Gasteiger charge is -2.36. The first-order valence-corrected chi connectivity index (χ1v) is 9.44. The maximum atomic E-state index is 6.04. The largest absolute Gasteiger partial charge is 0.489 e. The molecule has 1 N–H and O–H groups in total. The highest BCUT2D eigenvalue weighted by atomic mass is 35.5. The Morgan fingerprint density at radius 2 is 1.67 bits per heavy atom. The second kappa shape index (κ2) is 12.2. The predicted molar refractivity (Wildman–Crippen MR) is 118 cm³/mol. The Kier molecular flexibility index (Phi) is 10.8. The molecule has 1 fully saturated rings. The minimum absolute atomic E-state index is 0. The molecule has 2 aromatic carbocycles. The first-order valence-electron chi connectivity index (χ1n) is 9.44. The van der Waals surface area contributed by atoms with Crippen molar-refractivity contribution in [1.82, 2.24) is 10.2 Å². The molecule has 0 amide bonds. The number of hydrogen-bond acceptors (Lipinski definition) is 3. The molecule has 0 aromatic heterocycles. The molecule has 150 valence electrons. The van der Waals surface area contributed by atoms with Gasteiger partial charge in [-0.2, -0.15) is 0 Å². The highest BCUT2D eigenvalue weighted by molar-refractivity contribution is 5.85. The summed E-state index contributed by atoms with van der Waals surface area (Å²) < 4.78 is 6.04. The van der Waals surface area contributed by atoms with Gasteiger partial charge >= 0.3 is 0 Å². The first-order chi connectivity index (χ1) is 12.2. The summed E-state index contributed by atoms with van der Waals surface area (Å²) in [5, 5.41) is 3.46. The molecular formula is C22H32Cl2N2O. The van der Waals surface area contributed by atoms with Gasteiger partial charge in [-0.25, -0.2) is 0 Å². The second-order valence-corrected chi connectivity index (χ2v) is 7.28. The van der Waals surface area contributed by atoms with Gasteiger partial charge in [0, 0.05) is 32.2 Å². The summed E-state index contributed by atoms with van der Waals surface area (Å²) >= 11 is 0. The minimum atomic E-state index is 0. The lowest BCUT2D eigenvalue weighted by Crippen LogP contribution is -2.45. The van der Waals surface area contributed by atoms with Gasteiger partial charge in [0.05, 0.1) is 0 Å². The average molecular weight is 411 g/mol. The monoisotopic (exact) mass is 410 g/mol. The predicted octanol–water partition coefficient (Wildman–Crippen LogP) is 5.10. The summed E-state index contributed by atoms with van der Waals surface area (Å²) in [6.07, 6.45) is 1.18. The summed E-state index contributed by atoms with van der Waals surface area (Å²) in [5.74, 6) is 1.64. The molecule has 3 rings (SSSR count). The number of halogens is 2. The summed E-state index contributed by atoms with van der Waals surface area (Å²) in [5.41, 5.74) is 2.58. The van der Waals surface area contributed by atoms with Crippen LogP contribution in [-0.2, 0) is 6.61 Å². The molecule has 1 heterocycles. The van der Waals surface area contributed by atoms with Gasteiger partial charge in [0.1, 0.15) is 12.4 Å². The molecule has 1 atom stereocenters. The molecule has 0 unspecified atom stereocenters. The lowest BCUT2D eigenvalue weighted by atomic mass is 9.95. The summed E-state index contributed by atoms with van der Waals surface area (Å²) in [7, 11) is 0. The first kappa shape index (κ1) is 23.8. The minimum Gasteiger partial charge on any atom is -0.489 e. The van der Waals surface area contributed by atoms with Gasteiger partial charge in [0.25, 0.3) is 0 Å². The Morgan fingerprint density at radius 3 is 2.33 bits per heavy atom. The highest BCUT2D eigenvalue weighted by Crippen LogP contribution is 2.30. The van der Waals surface area contributed by atoms with E-state index in [1.54, 1.807) is 0 Å². The van der Waals surface area contributed by atoms with Gasteiger partial charge in [-0.1, -0.05) is 56.3 Å². The van der Waals surface area contributed by atoms with Crippen LogP contribution in [-0.4, -0.2) is 31.1 Å². The molecule has 27 heavy (non-hydrogen) atoms. The van der Waals surface area contributed by atoms with Crippen molar-refractivity contribution in [3.8, 4) is 5.75 Å². The lowest BCUT2D eigenvalue weighted by molar-refractivity contribution is 0.153. The van der Waals surface area contributed by atoms with Crippen molar-refractivity contribution in [2.45, 2.75) is 32.9 Å². The van der Waals surface area contributed by atoms with E-state index in [1.165, 1.54) is 17.5 Å². The molecule has 0 radical (unpaired) electrons. The van der Waals surface area contributed by atoms with Gasteiger partial charge in [-0.3, -0.25) is 4.90 Å². The quantitative estimate of drug-likeness (QED) is 0.686. The number of benzene rings is 2. The fourth-order valence-electron chi connectivity index (χ4n) is 3.49. The van der Waals surface area contributed by atoms with Crippen LogP contribution in [0.3, 0.4) is 0 Å². The van der Waals surface area contributed by atoms with E-state index in [4.69, 9.17) is 4.74 Å². The van der Waals surface area contributed by atoms with Crippen molar-refractivity contribution in [3.63, 3.8) is 0 Å². The molecule has 1 aliphatic heterocycles. The van der Waals surface area contributed by atoms with Crippen LogP contribution in [0.4, 0.5) is 0 Å². The van der Waals surface area contributed by atoms with Gasteiger partial charge in [-0.05, 0) is 35.6 Å². The normalized spacial score (nSPS) is 15.5. The molecule has 2 aromatic rings. The van der Waals surface area contributed by atoms with E-state index in [1.807, 2.05) is 6.07 Å². The third-order valence-corrected chi connectivity index (χ3v) is 4.78. The number of rotatable bonds is 7. The smallest absolute Gasteiger partial charge is 0.120 e. The molecule has 3 nitrogen and oxygen atoms in total. The number of hydrogen-bond donors (Lipinski definition) is 1. The third kappa shape index (κ3) is 7.34. The second-order valence-electron chi connectivity index (χ2n) is 7.28. The van der Waals surface area contributed by atoms with Crippen LogP contribution in [0.2, 0.25) is 0 Å². The van der Waals surface area contributed by atoms with Crippen molar-refractivity contribution in [2.24, 2.45) is 5.92 Å². The van der Waals surface area contributed by atoms with Crippen LogP contribution in [0.5, 0.6) is 5.75 Å². The van der Waals surface area contributed by atoms with Crippen molar-refractivity contribution in [2.75, 3.05) is 26.2 Å². The molecule has 0 spiro atoms. The number of piperazine rings is 1. The van der Waals surface area contributed by atoms with E-state index in [-0.39, 0.29) is 24.8 Å². The van der Waals surface area contributed by atoms with Crippen LogP contribution in [0.15, 0.2) is 54.6 Å². The van der Waals surface area contributed by atoms with Crippen LogP contribution in [0.25, 0.3) is 0 Å². The zero-order valence-corrected chi connectivity index (χ0v) is 17.9. The SMILES string of the molecule is CC(C)C[C@@H](c1cccc(OCc2ccccc2)c1)N1CCNCC1.Cl.Cl. The van der Waals surface area contributed by atoms with Crippen molar-refractivity contribution >= 4 is 24.8 Å². The van der Waals surface area contributed by atoms with Crippen molar-refractivity contribution in [1.29, 1.82) is 0 Å². The van der Waals surface area contributed by atoms with Crippen LogP contribution >= 0.6 is 24.8 Å². The zero-order valence-electron chi connectivity index (χ0n) is 16.3. The number of nitrogens with zero attached hydrogens (tertiary/aromatic N) is 1. The molecule has 0 aliphatic carbocycles. The molecule has 1 saturated heterocycles. The number of nitrogens with one attached hydrogen (secondary N) is 1. The standard InChI is InChI=1S/C22H30N2O.2ClH/c1-18(2)15-22(24-13-11-23-12-14-24)20-9-6-10-21(16-20)25-17-19-7-4-3-5-8-19;;/h3-10,16,18,22-23H,11-15,17H2,1-2H3;2*1H/t22-;;/m0../s1. The van der Waals surface area contributed by atoms with Gasteiger partial charge in [0.2, 0.25) is 0 Å². The Hall–Kier alpha value is -1.26. The van der Waals surface area contributed by atoms with E-state index in [2.05, 4.69) is 72.6 Å². The fraction of sp³-hybridized carbons (Fsp3) is 0.455. The van der Waals surface area contributed by atoms with Crippen molar-refractivity contribution < 1.29 is 4.74 Å². The summed E-state index contributed by atoms with van der Waals surface area (Å²) in [6, 6.07) is 19.5. The van der Waals surface area contributed by atoms with E-state index in [0.717, 1.165) is 31.9 Å². The summed E-state index contributed by atoms with van der Waals surface area (Å²) in [6.45, 7) is 9.64. The molecular weight excluding hydrogens is 379 g/mol. The van der Waals surface area contributed by atoms with E-state index >= 15 is 0 Å². The van der Waals surface area contributed by atoms with Crippen LogP contribution in [0, 0.1) is 5.92 Å². The summed E-state index contributed by atoms with van der Waals surface area (Å²) in [4.78, 5) is 2.62. The Labute approximate surface area is 176 Å². The molecule has 5 heteroatoms. The Balaban J connectivity index is 0.00000182. The maximum Gasteiger partial charge on any atom is 0.120 e. The van der Waals surface area contributed by atoms with Gasteiger partial charge in [0.15, 0.2) is 0 Å². The van der Waals surface area contributed by atoms with Gasteiger partial charge in [-0.15, -0.1) is 24.8 Å². The molecule has 0 bridgehead atoms. The topological polar surface area (TPSA) is 24.5 Å². The fourth-order valence-corrected chi connectivity index (χ4v) is 3.49. The van der Waals surface area contributed by atoms with Crippen molar-refractivity contribution in [3.05, 3.63) is 65.7 Å².